The van der Waals surface area contributed by atoms with E-state index in [2.05, 4.69) is 9.97 Å². The molecule has 23 heavy (non-hydrogen) atoms. The van der Waals surface area contributed by atoms with Crippen LogP contribution in [0.2, 0.25) is 0 Å². The summed E-state index contributed by atoms with van der Waals surface area (Å²) in [6, 6.07) is 7.31. The fraction of sp³-hybridized carbons (Fsp3) is 0.353. The van der Waals surface area contributed by atoms with Crippen molar-refractivity contribution in [3.63, 3.8) is 0 Å². The van der Waals surface area contributed by atoms with Gasteiger partial charge in [0.1, 0.15) is 17.1 Å². The van der Waals surface area contributed by atoms with Gasteiger partial charge in [0.15, 0.2) is 0 Å². The Kier molecular flexibility index (Phi) is 5.51. The molecule has 0 saturated heterocycles. The molecule has 1 atom stereocenters. The van der Waals surface area contributed by atoms with Crippen LogP contribution in [-0.2, 0) is 4.74 Å². The van der Waals surface area contributed by atoms with Crippen LogP contribution in [0.1, 0.15) is 37.6 Å². The number of benzene rings is 1. The zero-order valence-electron chi connectivity index (χ0n) is 13.5. The van der Waals surface area contributed by atoms with Crippen LogP contribution in [0.3, 0.4) is 0 Å². The van der Waals surface area contributed by atoms with E-state index in [-0.39, 0.29) is 18.3 Å². The molecule has 0 amide bonds. The number of nitrogens with zero attached hydrogens (tertiary/aromatic N) is 1. The van der Waals surface area contributed by atoms with Gasteiger partial charge in [-0.05, 0) is 32.4 Å². The average molecular weight is 316 g/mol. The first-order chi connectivity index (χ1) is 11.1. The van der Waals surface area contributed by atoms with Crippen molar-refractivity contribution in [1.82, 2.24) is 9.97 Å². The normalized spacial score (nSPS) is 11.8. The fourth-order valence-corrected chi connectivity index (χ4v) is 1.95. The van der Waals surface area contributed by atoms with Gasteiger partial charge in [0.25, 0.3) is 5.56 Å². The number of aromatic amines is 1. The summed E-state index contributed by atoms with van der Waals surface area (Å²) in [6.45, 7) is 5.88. The van der Waals surface area contributed by atoms with E-state index in [1.54, 1.807) is 13.0 Å². The lowest BCUT2D eigenvalue weighted by Crippen LogP contribution is -2.21. The first kappa shape index (κ1) is 16.7. The van der Waals surface area contributed by atoms with Crippen molar-refractivity contribution < 1.29 is 14.3 Å². The van der Waals surface area contributed by atoms with E-state index in [0.717, 1.165) is 6.42 Å². The molecule has 1 aromatic heterocycles. The van der Waals surface area contributed by atoms with Gasteiger partial charge >= 0.3 is 5.97 Å². The fourth-order valence-electron chi connectivity index (χ4n) is 1.95. The predicted octanol–water partition coefficient (Wildman–Crippen LogP) is 2.79. The van der Waals surface area contributed by atoms with E-state index in [1.165, 1.54) is 6.20 Å². The number of ether oxygens (including phenoxy) is 2. The molecule has 1 N–H and O–H groups in total. The summed E-state index contributed by atoms with van der Waals surface area (Å²) >= 11 is 0. The Morgan fingerprint density at radius 2 is 2.04 bits per heavy atom. The Hall–Kier alpha value is -2.63. The van der Waals surface area contributed by atoms with Crippen molar-refractivity contribution in [3.8, 4) is 17.1 Å². The molecule has 0 bridgehead atoms. The van der Waals surface area contributed by atoms with Crippen LogP contribution in [0, 0.1) is 0 Å². The highest BCUT2D eigenvalue weighted by Crippen LogP contribution is 2.27. The molecule has 2 rings (SSSR count). The molecule has 0 aliphatic rings. The Morgan fingerprint density at radius 3 is 2.70 bits per heavy atom. The maximum atomic E-state index is 12.1. The third-order valence-electron chi connectivity index (χ3n) is 3.34. The Balaban J connectivity index is 2.38. The average Bonchev–Trinajstić information content (AvgIpc) is 2.55. The minimum Gasteiger partial charge on any atom is -0.490 e. The lowest BCUT2D eigenvalue weighted by Gasteiger charge is -2.15. The van der Waals surface area contributed by atoms with Crippen molar-refractivity contribution in [1.29, 1.82) is 0 Å². The number of H-pyrrole nitrogens is 1. The Labute approximate surface area is 134 Å². The second-order valence-corrected chi connectivity index (χ2v) is 5.03. The summed E-state index contributed by atoms with van der Waals surface area (Å²) in [6.07, 6.45) is 2.13. The van der Waals surface area contributed by atoms with Gasteiger partial charge in [-0.25, -0.2) is 9.78 Å². The van der Waals surface area contributed by atoms with E-state index in [9.17, 15) is 9.59 Å². The highest BCUT2D eigenvalue weighted by Gasteiger charge is 2.15. The van der Waals surface area contributed by atoms with Gasteiger partial charge < -0.3 is 14.5 Å². The molecule has 0 aliphatic carbocycles. The third kappa shape index (κ3) is 3.97. The molecule has 0 aliphatic heterocycles. The Morgan fingerprint density at radius 1 is 1.30 bits per heavy atom. The lowest BCUT2D eigenvalue weighted by molar-refractivity contribution is 0.0524. The molecular formula is C17H20N2O4. The van der Waals surface area contributed by atoms with Crippen molar-refractivity contribution in [2.75, 3.05) is 6.61 Å². The molecule has 6 nitrogen and oxygen atoms in total. The van der Waals surface area contributed by atoms with Crippen molar-refractivity contribution in [2.24, 2.45) is 0 Å². The summed E-state index contributed by atoms with van der Waals surface area (Å²) in [4.78, 5) is 30.5. The number of rotatable bonds is 6. The van der Waals surface area contributed by atoms with E-state index in [1.807, 2.05) is 32.0 Å². The molecule has 6 heteroatoms. The van der Waals surface area contributed by atoms with Gasteiger partial charge in [0.2, 0.25) is 0 Å². The highest BCUT2D eigenvalue weighted by atomic mass is 16.5. The van der Waals surface area contributed by atoms with Crippen molar-refractivity contribution in [3.05, 3.63) is 46.4 Å². The zero-order chi connectivity index (χ0) is 16.8. The first-order valence-electron chi connectivity index (χ1n) is 7.59. The number of hydrogen-bond acceptors (Lipinski definition) is 5. The van der Waals surface area contributed by atoms with Crippen molar-refractivity contribution >= 4 is 5.97 Å². The zero-order valence-corrected chi connectivity index (χ0v) is 13.5. The monoisotopic (exact) mass is 316 g/mol. The standard InChI is InChI=1S/C17H20N2O4/c1-4-11(3)23-14-9-7-6-8-12(14)15-18-10-13(16(20)19-15)17(21)22-5-2/h6-11H,4-5H2,1-3H3,(H,18,19,20). The first-order valence-corrected chi connectivity index (χ1v) is 7.59. The molecular weight excluding hydrogens is 296 g/mol. The van der Waals surface area contributed by atoms with Crippen LogP contribution >= 0.6 is 0 Å². The second-order valence-electron chi connectivity index (χ2n) is 5.03. The number of para-hydroxylation sites is 1. The molecule has 0 spiro atoms. The largest absolute Gasteiger partial charge is 0.490 e. The molecule has 1 heterocycles. The highest BCUT2D eigenvalue weighted by molar-refractivity contribution is 5.88. The van der Waals surface area contributed by atoms with Gasteiger partial charge in [0, 0.05) is 6.20 Å². The summed E-state index contributed by atoms with van der Waals surface area (Å²) < 4.78 is 10.7. The number of carbonyl (C=O) groups is 1. The molecule has 2 aromatic rings. The van der Waals surface area contributed by atoms with Gasteiger partial charge in [-0.15, -0.1) is 0 Å². The minimum atomic E-state index is -0.683. The third-order valence-corrected chi connectivity index (χ3v) is 3.34. The maximum absolute atomic E-state index is 12.1. The predicted molar refractivity (Wildman–Crippen MR) is 86.6 cm³/mol. The van der Waals surface area contributed by atoms with E-state index < -0.39 is 11.5 Å². The Bertz CT molecular complexity index is 739. The SMILES string of the molecule is CCOC(=O)c1cnc(-c2ccccc2OC(C)CC)[nH]c1=O. The van der Waals surface area contributed by atoms with Crippen LogP contribution in [0.4, 0.5) is 0 Å². The van der Waals surface area contributed by atoms with Gasteiger partial charge in [-0.1, -0.05) is 19.1 Å². The summed E-state index contributed by atoms with van der Waals surface area (Å²) in [5.74, 6) is 0.299. The molecule has 0 fully saturated rings. The van der Waals surface area contributed by atoms with Crippen LogP contribution in [0.5, 0.6) is 5.75 Å². The number of nitrogens with one attached hydrogen (secondary N) is 1. The van der Waals surface area contributed by atoms with E-state index >= 15 is 0 Å². The second kappa shape index (κ2) is 7.58. The van der Waals surface area contributed by atoms with Gasteiger partial charge in [0.05, 0.1) is 18.3 Å². The van der Waals surface area contributed by atoms with Gasteiger partial charge in [-0.2, -0.15) is 0 Å². The molecule has 122 valence electrons. The van der Waals surface area contributed by atoms with E-state index in [0.29, 0.717) is 17.1 Å². The molecule has 1 unspecified atom stereocenters. The minimum absolute atomic E-state index is 0.0432. The lowest BCUT2D eigenvalue weighted by atomic mass is 10.1. The summed E-state index contributed by atoms with van der Waals surface area (Å²) in [7, 11) is 0. The number of hydrogen-bond donors (Lipinski definition) is 1. The van der Waals surface area contributed by atoms with Gasteiger partial charge in [-0.3, -0.25) is 4.79 Å². The van der Waals surface area contributed by atoms with E-state index in [4.69, 9.17) is 9.47 Å². The topological polar surface area (TPSA) is 81.3 Å². The molecule has 0 saturated carbocycles. The summed E-state index contributed by atoms with van der Waals surface area (Å²) in [5.41, 5.74) is 0.0167. The molecule has 1 aromatic carbocycles. The van der Waals surface area contributed by atoms with Crippen LogP contribution in [0.25, 0.3) is 11.4 Å². The smallest absolute Gasteiger partial charge is 0.345 e. The van der Waals surface area contributed by atoms with Crippen LogP contribution in [-0.4, -0.2) is 28.6 Å². The number of aromatic nitrogens is 2. The summed E-state index contributed by atoms with van der Waals surface area (Å²) in [5, 5.41) is 0. The maximum Gasteiger partial charge on any atom is 0.345 e. The van der Waals surface area contributed by atoms with Crippen molar-refractivity contribution in [2.45, 2.75) is 33.3 Å². The number of esters is 1. The molecule has 0 radical (unpaired) electrons. The number of carbonyl (C=O) groups excluding carboxylic acids is 1. The quantitative estimate of drug-likeness (QED) is 0.829. The van der Waals surface area contributed by atoms with Crippen LogP contribution < -0.4 is 10.3 Å². The van der Waals surface area contributed by atoms with Crippen LogP contribution in [0.15, 0.2) is 35.3 Å².